The number of benzene rings is 1. The van der Waals surface area contributed by atoms with E-state index < -0.39 is 5.97 Å². The first-order valence-electron chi connectivity index (χ1n) is 5.88. The van der Waals surface area contributed by atoms with Gasteiger partial charge in [0.2, 0.25) is 0 Å². The number of carbonyl (C=O) groups is 2. The van der Waals surface area contributed by atoms with E-state index in [-0.39, 0.29) is 34.6 Å². The average molecular weight is 302 g/mol. The second-order valence-corrected chi connectivity index (χ2v) is 4.40. The molecule has 1 aromatic rings. The van der Waals surface area contributed by atoms with Crippen LogP contribution in [-0.2, 0) is 4.79 Å². The van der Waals surface area contributed by atoms with Crippen LogP contribution >= 0.6 is 11.6 Å². The van der Waals surface area contributed by atoms with E-state index in [1.165, 1.54) is 24.1 Å². The van der Waals surface area contributed by atoms with E-state index in [9.17, 15) is 9.59 Å². The molecule has 0 aromatic heterocycles. The highest BCUT2D eigenvalue weighted by Crippen LogP contribution is 2.36. The molecular weight excluding hydrogens is 286 g/mol. The fraction of sp³-hybridized carbons (Fsp3) is 0.385. The van der Waals surface area contributed by atoms with Crippen molar-refractivity contribution in [2.24, 2.45) is 0 Å². The number of hydrogen-bond acceptors (Lipinski definition) is 4. The van der Waals surface area contributed by atoms with Gasteiger partial charge in [0.25, 0.3) is 5.91 Å². The number of halogens is 1. The van der Waals surface area contributed by atoms with Gasteiger partial charge in [-0.3, -0.25) is 4.79 Å². The van der Waals surface area contributed by atoms with Gasteiger partial charge in [0.1, 0.15) is 0 Å². The molecule has 0 aliphatic rings. The van der Waals surface area contributed by atoms with Crippen LogP contribution in [0.5, 0.6) is 11.5 Å². The van der Waals surface area contributed by atoms with Gasteiger partial charge in [0, 0.05) is 13.6 Å². The summed E-state index contributed by atoms with van der Waals surface area (Å²) in [5.74, 6) is -1.02. The smallest absolute Gasteiger partial charge is 0.335 e. The molecule has 0 heterocycles. The zero-order valence-electron chi connectivity index (χ0n) is 11.5. The van der Waals surface area contributed by atoms with Crippen LogP contribution in [0.1, 0.15) is 17.3 Å². The van der Waals surface area contributed by atoms with Gasteiger partial charge in [0.15, 0.2) is 18.1 Å². The number of carboxylic acid groups (broad SMARTS) is 1. The molecule has 0 atom stereocenters. The van der Waals surface area contributed by atoms with E-state index in [2.05, 4.69) is 0 Å². The van der Waals surface area contributed by atoms with Crippen molar-refractivity contribution in [2.75, 3.05) is 27.3 Å². The fourth-order valence-corrected chi connectivity index (χ4v) is 1.67. The third-order valence-corrected chi connectivity index (χ3v) is 3.00. The van der Waals surface area contributed by atoms with Crippen molar-refractivity contribution < 1.29 is 24.2 Å². The molecule has 0 aliphatic heterocycles. The van der Waals surface area contributed by atoms with Gasteiger partial charge >= 0.3 is 5.97 Å². The number of aromatic carboxylic acids is 1. The lowest BCUT2D eigenvalue weighted by Gasteiger charge is -2.17. The molecule has 110 valence electrons. The maximum absolute atomic E-state index is 11.7. The van der Waals surface area contributed by atoms with E-state index in [0.29, 0.717) is 6.54 Å². The molecule has 0 saturated carbocycles. The van der Waals surface area contributed by atoms with Gasteiger partial charge in [-0.2, -0.15) is 0 Å². The van der Waals surface area contributed by atoms with Gasteiger partial charge in [-0.25, -0.2) is 4.79 Å². The zero-order valence-corrected chi connectivity index (χ0v) is 12.2. The van der Waals surface area contributed by atoms with Gasteiger partial charge < -0.3 is 19.5 Å². The third kappa shape index (κ3) is 3.77. The van der Waals surface area contributed by atoms with Crippen LogP contribution < -0.4 is 9.47 Å². The number of nitrogens with zero attached hydrogens (tertiary/aromatic N) is 1. The molecule has 0 spiro atoms. The molecule has 1 amide bonds. The second kappa shape index (κ2) is 7.00. The van der Waals surface area contributed by atoms with Crippen LogP contribution in [0.15, 0.2) is 12.1 Å². The van der Waals surface area contributed by atoms with Gasteiger partial charge in [0.05, 0.1) is 17.7 Å². The van der Waals surface area contributed by atoms with Crippen LogP contribution in [0.25, 0.3) is 0 Å². The number of ether oxygens (including phenoxy) is 2. The summed E-state index contributed by atoms with van der Waals surface area (Å²) in [6.45, 7) is 2.20. The summed E-state index contributed by atoms with van der Waals surface area (Å²) >= 11 is 5.96. The molecule has 0 radical (unpaired) electrons. The first-order valence-corrected chi connectivity index (χ1v) is 6.26. The minimum absolute atomic E-state index is 0.0174. The van der Waals surface area contributed by atoms with Crippen molar-refractivity contribution in [1.29, 1.82) is 0 Å². The van der Waals surface area contributed by atoms with E-state index >= 15 is 0 Å². The molecular formula is C13H16ClNO5. The van der Waals surface area contributed by atoms with Crippen molar-refractivity contribution in [3.63, 3.8) is 0 Å². The Kier molecular flexibility index (Phi) is 5.64. The summed E-state index contributed by atoms with van der Waals surface area (Å²) in [5.41, 5.74) is -0.0174. The summed E-state index contributed by atoms with van der Waals surface area (Å²) in [7, 11) is 3.02. The standard InChI is InChI=1S/C13H16ClNO5/c1-4-15(2)11(16)7-20-12-9(14)5-8(13(17)18)6-10(12)19-3/h5-6H,4,7H2,1-3H3,(H,17,18). The van der Waals surface area contributed by atoms with E-state index in [4.69, 9.17) is 26.2 Å². The highest BCUT2D eigenvalue weighted by Gasteiger charge is 2.17. The SMILES string of the molecule is CCN(C)C(=O)COc1c(Cl)cc(C(=O)O)cc1OC. The van der Waals surface area contributed by atoms with Crippen LogP contribution in [0.2, 0.25) is 5.02 Å². The molecule has 0 unspecified atom stereocenters. The van der Waals surface area contributed by atoms with E-state index in [0.717, 1.165) is 0 Å². The third-order valence-electron chi connectivity index (χ3n) is 2.72. The Morgan fingerprint density at radius 2 is 2.05 bits per heavy atom. The summed E-state index contributed by atoms with van der Waals surface area (Å²) < 4.78 is 10.4. The molecule has 20 heavy (non-hydrogen) atoms. The molecule has 0 fully saturated rings. The summed E-state index contributed by atoms with van der Waals surface area (Å²) in [4.78, 5) is 24.1. The Bertz CT molecular complexity index is 518. The monoisotopic (exact) mass is 301 g/mol. The first-order chi connectivity index (χ1) is 9.40. The van der Waals surface area contributed by atoms with Crippen LogP contribution in [0, 0.1) is 0 Å². The van der Waals surface area contributed by atoms with Gasteiger partial charge in [-0.05, 0) is 19.1 Å². The van der Waals surface area contributed by atoms with Gasteiger partial charge in [-0.1, -0.05) is 11.6 Å². The largest absolute Gasteiger partial charge is 0.493 e. The van der Waals surface area contributed by atoms with E-state index in [1.807, 2.05) is 6.92 Å². The summed E-state index contributed by atoms with van der Waals surface area (Å²) in [6, 6.07) is 2.54. The normalized spacial score (nSPS) is 10.0. The minimum atomic E-state index is -1.13. The number of amides is 1. The van der Waals surface area contributed by atoms with Crippen molar-refractivity contribution in [3.05, 3.63) is 22.7 Å². The van der Waals surface area contributed by atoms with Crippen LogP contribution in [-0.4, -0.2) is 49.2 Å². The maximum Gasteiger partial charge on any atom is 0.335 e. The van der Waals surface area contributed by atoms with Gasteiger partial charge in [-0.15, -0.1) is 0 Å². The Morgan fingerprint density at radius 1 is 1.40 bits per heavy atom. The summed E-state index contributed by atoms with van der Waals surface area (Å²) in [6.07, 6.45) is 0. The zero-order chi connectivity index (χ0) is 15.3. The quantitative estimate of drug-likeness (QED) is 0.868. The number of methoxy groups -OCH3 is 1. The van der Waals surface area contributed by atoms with Crippen LogP contribution in [0.3, 0.4) is 0 Å². The Morgan fingerprint density at radius 3 is 2.55 bits per heavy atom. The number of hydrogen-bond donors (Lipinski definition) is 1. The van der Waals surface area contributed by atoms with Crippen molar-refractivity contribution >= 4 is 23.5 Å². The lowest BCUT2D eigenvalue weighted by Crippen LogP contribution is -2.31. The maximum atomic E-state index is 11.7. The van der Waals surface area contributed by atoms with Crippen molar-refractivity contribution in [2.45, 2.75) is 6.92 Å². The lowest BCUT2D eigenvalue weighted by atomic mass is 10.2. The second-order valence-electron chi connectivity index (χ2n) is 3.99. The predicted molar refractivity (Wildman–Crippen MR) is 73.8 cm³/mol. The Balaban J connectivity index is 2.95. The van der Waals surface area contributed by atoms with E-state index in [1.54, 1.807) is 7.05 Å². The fourth-order valence-electron chi connectivity index (χ4n) is 1.40. The molecule has 0 saturated heterocycles. The van der Waals surface area contributed by atoms with Crippen LogP contribution in [0.4, 0.5) is 0 Å². The Labute approximate surface area is 121 Å². The lowest BCUT2D eigenvalue weighted by molar-refractivity contribution is -0.131. The molecule has 1 N–H and O–H groups in total. The average Bonchev–Trinajstić information content (AvgIpc) is 2.43. The molecule has 0 bridgehead atoms. The Hall–Kier alpha value is -1.95. The van der Waals surface area contributed by atoms with Crippen molar-refractivity contribution in [1.82, 2.24) is 4.90 Å². The molecule has 1 aromatic carbocycles. The predicted octanol–water partition coefficient (Wildman–Crippen LogP) is 1.90. The van der Waals surface area contributed by atoms with Crippen molar-refractivity contribution in [3.8, 4) is 11.5 Å². The molecule has 1 rings (SSSR count). The number of rotatable bonds is 6. The topological polar surface area (TPSA) is 76.1 Å². The first kappa shape index (κ1) is 16.1. The molecule has 6 nitrogen and oxygen atoms in total. The number of carboxylic acids is 1. The number of likely N-dealkylation sites (N-methyl/N-ethyl adjacent to an activating group) is 1. The molecule has 0 aliphatic carbocycles. The number of carbonyl (C=O) groups excluding carboxylic acids is 1. The minimum Gasteiger partial charge on any atom is -0.493 e. The summed E-state index contributed by atoms with van der Waals surface area (Å²) in [5, 5.41) is 9.00. The highest BCUT2D eigenvalue weighted by molar-refractivity contribution is 6.32. The molecule has 7 heteroatoms. The highest BCUT2D eigenvalue weighted by atomic mass is 35.5.